The summed E-state index contributed by atoms with van der Waals surface area (Å²) >= 11 is 3.62. The van der Waals surface area contributed by atoms with Crippen LogP contribution in [0.25, 0.3) is 0 Å². The van der Waals surface area contributed by atoms with Crippen molar-refractivity contribution in [1.82, 2.24) is 9.78 Å². The lowest BCUT2D eigenvalue weighted by Gasteiger charge is -2.41. The molecule has 1 fully saturated rings. The van der Waals surface area contributed by atoms with Gasteiger partial charge in [-0.25, -0.2) is 0 Å². The third kappa shape index (κ3) is 3.20. The molecule has 1 saturated heterocycles. The second-order valence-corrected chi connectivity index (χ2v) is 6.91. The highest BCUT2D eigenvalue weighted by molar-refractivity contribution is 9.10. The molecule has 2 heterocycles. The van der Waals surface area contributed by atoms with Gasteiger partial charge in [0.1, 0.15) is 0 Å². The van der Waals surface area contributed by atoms with Crippen molar-refractivity contribution >= 4 is 15.9 Å². The third-order valence-electron chi connectivity index (χ3n) is 3.81. The van der Waals surface area contributed by atoms with Crippen LogP contribution in [0.3, 0.4) is 0 Å². The van der Waals surface area contributed by atoms with E-state index < -0.39 is 5.60 Å². The molecule has 1 aromatic rings. The van der Waals surface area contributed by atoms with Crippen LogP contribution < -0.4 is 0 Å². The molecule has 0 amide bonds. The monoisotopic (exact) mass is 330 g/mol. The average Bonchev–Trinajstić information content (AvgIpc) is 2.54. The Morgan fingerprint density at radius 1 is 1.47 bits per heavy atom. The fourth-order valence-electron chi connectivity index (χ4n) is 2.92. The number of halogens is 1. The van der Waals surface area contributed by atoms with E-state index in [1.165, 1.54) is 0 Å². The van der Waals surface area contributed by atoms with Gasteiger partial charge in [0, 0.05) is 19.9 Å². The van der Waals surface area contributed by atoms with Crippen LogP contribution in [0.5, 0.6) is 0 Å². The molecule has 0 bridgehead atoms. The summed E-state index contributed by atoms with van der Waals surface area (Å²) in [6, 6.07) is 0. The Kier molecular flexibility index (Phi) is 4.10. The molecular formula is C14H23BrN2O2. The van der Waals surface area contributed by atoms with E-state index in [9.17, 15) is 5.11 Å². The van der Waals surface area contributed by atoms with Gasteiger partial charge in [0.15, 0.2) is 0 Å². The lowest BCUT2D eigenvalue weighted by molar-refractivity contribution is -0.143. The summed E-state index contributed by atoms with van der Waals surface area (Å²) in [5.74, 6) is 0. The predicted molar refractivity (Wildman–Crippen MR) is 78.2 cm³/mol. The first-order valence-electron chi connectivity index (χ1n) is 6.83. The van der Waals surface area contributed by atoms with Crippen molar-refractivity contribution < 1.29 is 9.84 Å². The van der Waals surface area contributed by atoms with Gasteiger partial charge in [-0.1, -0.05) is 6.92 Å². The minimum absolute atomic E-state index is 0.258. The lowest BCUT2D eigenvalue weighted by atomic mass is 9.81. The Hall–Kier alpha value is -0.390. The van der Waals surface area contributed by atoms with E-state index in [4.69, 9.17) is 4.74 Å². The van der Waals surface area contributed by atoms with Crippen molar-refractivity contribution in [3.63, 3.8) is 0 Å². The molecule has 1 unspecified atom stereocenters. The van der Waals surface area contributed by atoms with Crippen LogP contribution in [0.4, 0.5) is 0 Å². The molecule has 1 aliphatic heterocycles. The molecule has 1 atom stereocenters. The Morgan fingerprint density at radius 3 is 2.68 bits per heavy atom. The number of hydrogen-bond acceptors (Lipinski definition) is 3. The molecular weight excluding hydrogens is 308 g/mol. The van der Waals surface area contributed by atoms with Crippen LogP contribution in [0.1, 0.15) is 45.0 Å². The SMILES string of the molecule is CCc1nn(C)c(CC2(O)CCOC(C)(C)C2)c1Br. The highest BCUT2D eigenvalue weighted by Crippen LogP contribution is 2.36. The van der Waals surface area contributed by atoms with Crippen LogP contribution in [-0.4, -0.2) is 32.7 Å². The van der Waals surface area contributed by atoms with Gasteiger partial charge >= 0.3 is 0 Å². The molecule has 108 valence electrons. The third-order valence-corrected chi connectivity index (χ3v) is 4.73. The zero-order valence-corrected chi connectivity index (χ0v) is 13.7. The van der Waals surface area contributed by atoms with E-state index >= 15 is 0 Å². The summed E-state index contributed by atoms with van der Waals surface area (Å²) < 4.78 is 8.61. The van der Waals surface area contributed by atoms with Crippen molar-refractivity contribution in [3.05, 3.63) is 15.9 Å². The average molecular weight is 331 g/mol. The number of aromatic nitrogens is 2. The van der Waals surface area contributed by atoms with Gasteiger partial charge in [0.25, 0.3) is 0 Å². The quantitative estimate of drug-likeness (QED) is 0.926. The highest BCUT2D eigenvalue weighted by Gasteiger charge is 2.40. The van der Waals surface area contributed by atoms with Crippen LogP contribution in [0.15, 0.2) is 4.47 Å². The molecule has 0 radical (unpaired) electrons. The maximum Gasteiger partial charge on any atom is 0.0766 e. The second-order valence-electron chi connectivity index (χ2n) is 6.12. The van der Waals surface area contributed by atoms with Gasteiger partial charge in [-0.15, -0.1) is 0 Å². The minimum atomic E-state index is -0.705. The maximum atomic E-state index is 10.8. The first-order valence-corrected chi connectivity index (χ1v) is 7.62. The molecule has 0 aromatic carbocycles. The molecule has 2 rings (SSSR count). The first-order chi connectivity index (χ1) is 8.76. The van der Waals surface area contributed by atoms with Crippen molar-refractivity contribution in [1.29, 1.82) is 0 Å². The molecule has 1 aromatic heterocycles. The van der Waals surface area contributed by atoms with E-state index in [0.717, 1.165) is 22.3 Å². The van der Waals surface area contributed by atoms with Crippen LogP contribution in [-0.2, 0) is 24.6 Å². The molecule has 0 saturated carbocycles. The van der Waals surface area contributed by atoms with Gasteiger partial charge in [-0.2, -0.15) is 5.10 Å². The van der Waals surface area contributed by atoms with E-state index in [0.29, 0.717) is 25.9 Å². The molecule has 1 aliphatic rings. The molecule has 19 heavy (non-hydrogen) atoms. The Morgan fingerprint density at radius 2 is 2.16 bits per heavy atom. The Bertz CT molecular complexity index is 470. The van der Waals surface area contributed by atoms with Crippen molar-refractivity contribution in [3.8, 4) is 0 Å². The van der Waals surface area contributed by atoms with Crippen molar-refractivity contribution in [2.75, 3.05) is 6.61 Å². The standard InChI is InChI=1S/C14H23BrN2O2/c1-5-10-12(15)11(17(4)16-10)8-14(18)6-7-19-13(2,3)9-14/h18H,5-9H2,1-4H3. The second kappa shape index (κ2) is 5.19. The number of aliphatic hydroxyl groups is 1. The topological polar surface area (TPSA) is 47.3 Å². The normalized spacial score (nSPS) is 26.6. The van der Waals surface area contributed by atoms with Gasteiger partial charge in [-0.3, -0.25) is 4.68 Å². The Labute approximate surface area is 123 Å². The van der Waals surface area contributed by atoms with Crippen LogP contribution in [0, 0.1) is 0 Å². The van der Waals surface area contributed by atoms with Crippen molar-refractivity contribution in [2.45, 2.75) is 57.7 Å². The zero-order chi connectivity index (χ0) is 14.3. The van der Waals surface area contributed by atoms with E-state index in [2.05, 4.69) is 28.0 Å². The molecule has 0 spiro atoms. The fraction of sp³-hybridized carbons (Fsp3) is 0.786. The minimum Gasteiger partial charge on any atom is -0.389 e. The summed E-state index contributed by atoms with van der Waals surface area (Å²) in [6.45, 7) is 6.77. The summed E-state index contributed by atoms with van der Waals surface area (Å²) in [7, 11) is 1.94. The maximum absolute atomic E-state index is 10.8. The lowest BCUT2D eigenvalue weighted by Crippen LogP contribution is -2.47. The number of ether oxygens (including phenoxy) is 1. The van der Waals surface area contributed by atoms with Crippen LogP contribution >= 0.6 is 15.9 Å². The number of nitrogens with zero attached hydrogens (tertiary/aromatic N) is 2. The fourth-order valence-corrected chi connectivity index (χ4v) is 3.68. The van der Waals surface area contributed by atoms with E-state index in [1.807, 2.05) is 25.6 Å². The summed E-state index contributed by atoms with van der Waals surface area (Å²) in [4.78, 5) is 0. The first kappa shape index (κ1) is 15.0. The Balaban J connectivity index is 2.23. The molecule has 5 heteroatoms. The molecule has 0 aliphatic carbocycles. The van der Waals surface area contributed by atoms with Gasteiger partial charge < -0.3 is 9.84 Å². The van der Waals surface area contributed by atoms with Gasteiger partial charge in [0.05, 0.1) is 33.7 Å². The molecule has 4 nitrogen and oxygen atoms in total. The summed E-state index contributed by atoms with van der Waals surface area (Å²) in [5.41, 5.74) is 1.15. The summed E-state index contributed by atoms with van der Waals surface area (Å²) in [5, 5.41) is 15.3. The van der Waals surface area contributed by atoms with Gasteiger partial charge in [0.2, 0.25) is 0 Å². The number of aryl methyl sites for hydroxylation is 2. The highest BCUT2D eigenvalue weighted by atomic mass is 79.9. The summed E-state index contributed by atoms with van der Waals surface area (Å²) in [6.07, 6.45) is 2.83. The number of hydrogen-bond donors (Lipinski definition) is 1. The largest absolute Gasteiger partial charge is 0.389 e. The van der Waals surface area contributed by atoms with Gasteiger partial charge in [-0.05, 0) is 42.6 Å². The zero-order valence-electron chi connectivity index (χ0n) is 12.2. The molecule has 1 N–H and O–H groups in total. The predicted octanol–water partition coefficient (Wildman–Crippen LogP) is 2.61. The van der Waals surface area contributed by atoms with Crippen LogP contribution in [0.2, 0.25) is 0 Å². The smallest absolute Gasteiger partial charge is 0.0766 e. The number of rotatable bonds is 3. The van der Waals surface area contributed by atoms with E-state index in [1.54, 1.807) is 0 Å². The van der Waals surface area contributed by atoms with Crippen molar-refractivity contribution in [2.24, 2.45) is 7.05 Å². The van der Waals surface area contributed by atoms with E-state index in [-0.39, 0.29) is 5.60 Å².